The van der Waals surface area contributed by atoms with Crippen molar-refractivity contribution in [2.45, 2.75) is 31.1 Å². The Hall–Kier alpha value is 1.02. The quantitative estimate of drug-likeness (QED) is 0.598. The highest BCUT2D eigenvalue weighted by Crippen LogP contribution is 2.22. The van der Waals surface area contributed by atoms with Crippen LogP contribution in [0.3, 0.4) is 0 Å². The van der Waals surface area contributed by atoms with Crippen molar-refractivity contribution in [3.8, 4) is 0 Å². The molecule has 0 bridgehead atoms. The van der Waals surface area contributed by atoms with E-state index >= 15 is 0 Å². The molecule has 1 rings (SSSR count). The zero-order chi connectivity index (χ0) is 8.48. The van der Waals surface area contributed by atoms with E-state index in [9.17, 15) is 0 Å². The third kappa shape index (κ3) is 10.2. The second kappa shape index (κ2) is 12.5. The van der Waals surface area contributed by atoms with Crippen LogP contribution in [0.2, 0.25) is 0 Å². The van der Waals surface area contributed by atoms with Crippen LogP contribution in [0, 0.1) is 0 Å². The lowest BCUT2D eigenvalue weighted by atomic mass is 9.87. The number of rotatable bonds is 0. The summed E-state index contributed by atoms with van der Waals surface area (Å²) in [6.45, 7) is 6.63. The number of benzene rings is 1. The van der Waals surface area contributed by atoms with Crippen LogP contribution in [0.15, 0.2) is 29.2 Å². The van der Waals surface area contributed by atoms with Crippen LogP contribution in [0.1, 0.15) is 26.3 Å². The van der Waals surface area contributed by atoms with Crippen LogP contribution in [0.4, 0.5) is 0 Å². The summed E-state index contributed by atoms with van der Waals surface area (Å²) in [4.78, 5) is 1.03. The van der Waals surface area contributed by atoms with Gasteiger partial charge in [-0.25, -0.2) is 0 Å². The monoisotopic (exact) mass is 346 g/mol. The van der Waals surface area contributed by atoms with Gasteiger partial charge in [0.1, 0.15) is 0 Å². The Morgan fingerprint density at radius 1 is 0.750 bits per heavy atom. The Morgan fingerprint density at radius 2 is 1.06 bits per heavy atom. The summed E-state index contributed by atoms with van der Waals surface area (Å²) in [5, 5.41) is 0. The molecule has 6 heteroatoms. The van der Waals surface area contributed by atoms with Crippen molar-refractivity contribution in [2.24, 2.45) is 0 Å². The Kier molecular flexibility index (Phi) is 23.6. The Bertz CT molecular complexity index is 242. The van der Waals surface area contributed by atoms with E-state index in [-0.39, 0.29) is 67.5 Å². The van der Waals surface area contributed by atoms with Gasteiger partial charge < -0.3 is 0 Å². The number of hydrogen-bond donors (Lipinski definition) is 1. The fourth-order valence-electron chi connectivity index (χ4n) is 0.961. The molecule has 100 valence electrons. The molecule has 0 heterocycles. The standard InChI is InChI=1S/C10H14S.5ClH/c1-10(2,3)8-4-6-9(11)7-5-8;;;;;/h4-7,11H,1-3H3;5*1H. The summed E-state index contributed by atoms with van der Waals surface area (Å²) in [7, 11) is 0. The summed E-state index contributed by atoms with van der Waals surface area (Å²) in [6, 6.07) is 8.32. The average molecular weight is 349 g/mol. The molecule has 1 aromatic carbocycles. The average Bonchev–Trinajstić information content (AvgIpc) is 1.86. The van der Waals surface area contributed by atoms with Crippen LogP contribution in [-0.4, -0.2) is 0 Å². The molecule has 0 atom stereocenters. The molecule has 0 spiro atoms. The number of hydrogen-bond acceptors (Lipinski definition) is 1. The van der Waals surface area contributed by atoms with Gasteiger partial charge in [0.2, 0.25) is 0 Å². The minimum absolute atomic E-state index is 0. The van der Waals surface area contributed by atoms with Crippen molar-refractivity contribution in [2.75, 3.05) is 0 Å². The summed E-state index contributed by atoms with van der Waals surface area (Å²) in [5.41, 5.74) is 1.61. The third-order valence-electron chi connectivity index (χ3n) is 1.73. The molecule has 0 saturated carbocycles. The molecule has 0 N–H and O–H groups in total. The Balaban J connectivity index is -0.0000000807. The molecule has 0 aliphatic rings. The molecule has 0 saturated heterocycles. The van der Waals surface area contributed by atoms with E-state index in [1.165, 1.54) is 5.56 Å². The van der Waals surface area contributed by atoms with E-state index in [4.69, 9.17) is 0 Å². The molecule has 0 aliphatic heterocycles. The highest BCUT2D eigenvalue weighted by molar-refractivity contribution is 7.80. The van der Waals surface area contributed by atoms with Crippen molar-refractivity contribution >= 4 is 74.7 Å². The summed E-state index contributed by atoms with van der Waals surface area (Å²) < 4.78 is 0. The molecule has 0 radical (unpaired) electrons. The maximum Gasteiger partial charge on any atom is 0.00401 e. The lowest BCUT2D eigenvalue weighted by Crippen LogP contribution is -2.10. The van der Waals surface area contributed by atoms with E-state index in [0.717, 1.165) is 4.90 Å². The second-order valence-corrected chi connectivity index (χ2v) is 4.31. The van der Waals surface area contributed by atoms with Crippen molar-refractivity contribution in [3.63, 3.8) is 0 Å². The fraction of sp³-hybridized carbons (Fsp3) is 0.400. The molecule has 0 nitrogen and oxygen atoms in total. The number of thiol groups is 1. The normalized spacial score (nSPS) is 8.00. The predicted molar refractivity (Wildman–Crippen MR) is 88.6 cm³/mol. The topological polar surface area (TPSA) is 0 Å². The third-order valence-corrected chi connectivity index (χ3v) is 2.03. The van der Waals surface area contributed by atoms with Gasteiger partial charge in [0.15, 0.2) is 0 Å². The molecule has 0 amide bonds. The number of halogens is 5. The van der Waals surface area contributed by atoms with Crippen molar-refractivity contribution < 1.29 is 0 Å². The van der Waals surface area contributed by atoms with Gasteiger partial charge >= 0.3 is 0 Å². The van der Waals surface area contributed by atoms with Crippen LogP contribution >= 0.6 is 74.7 Å². The maximum absolute atomic E-state index is 4.23. The first-order valence-electron chi connectivity index (χ1n) is 3.79. The van der Waals surface area contributed by atoms with Gasteiger partial charge in [0.25, 0.3) is 0 Å². The lowest BCUT2D eigenvalue weighted by molar-refractivity contribution is 0.590. The van der Waals surface area contributed by atoms with Crippen molar-refractivity contribution in [1.29, 1.82) is 0 Å². The van der Waals surface area contributed by atoms with E-state index in [1.54, 1.807) is 0 Å². The van der Waals surface area contributed by atoms with Gasteiger partial charge in [-0.1, -0.05) is 32.9 Å². The van der Waals surface area contributed by atoms with Gasteiger partial charge in [-0.05, 0) is 23.1 Å². The first kappa shape index (κ1) is 30.2. The highest BCUT2D eigenvalue weighted by atomic mass is 35.5. The molecule has 0 aliphatic carbocycles. The van der Waals surface area contributed by atoms with Crippen LogP contribution < -0.4 is 0 Å². The van der Waals surface area contributed by atoms with Gasteiger partial charge in [-0.15, -0.1) is 74.7 Å². The summed E-state index contributed by atoms with van der Waals surface area (Å²) in [6.07, 6.45) is 0. The minimum atomic E-state index is 0. The first-order valence-corrected chi connectivity index (χ1v) is 4.24. The Labute approximate surface area is 135 Å². The predicted octanol–water partition coefficient (Wildman–Crippen LogP) is 5.38. The van der Waals surface area contributed by atoms with Crippen molar-refractivity contribution in [3.05, 3.63) is 29.8 Å². The molecule has 0 unspecified atom stereocenters. The zero-order valence-electron chi connectivity index (χ0n) is 9.30. The second-order valence-electron chi connectivity index (χ2n) is 3.80. The van der Waals surface area contributed by atoms with E-state index in [2.05, 4.69) is 45.5 Å². The van der Waals surface area contributed by atoms with Crippen LogP contribution in [0.25, 0.3) is 0 Å². The SMILES string of the molecule is CC(C)(C)c1ccc(S)cc1.Cl.Cl.Cl.Cl.Cl. The summed E-state index contributed by atoms with van der Waals surface area (Å²) in [5.74, 6) is 0. The zero-order valence-corrected chi connectivity index (χ0v) is 14.3. The molecular formula is C10H19Cl5S. The molecule has 1 aromatic rings. The molecule has 16 heavy (non-hydrogen) atoms. The first-order chi connectivity index (χ1) is 5.00. The fourth-order valence-corrected chi connectivity index (χ4v) is 1.11. The van der Waals surface area contributed by atoms with E-state index < -0.39 is 0 Å². The minimum Gasteiger partial charge on any atom is -0.147 e. The van der Waals surface area contributed by atoms with Crippen LogP contribution in [0.5, 0.6) is 0 Å². The lowest BCUT2D eigenvalue weighted by Gasteiger charge is -2.18. The molecule has 0 fully saturated rings. The summed E-state index contributed by atoms with van der Waals surface area (Å²) >= 11 is 4.23. The largest absolute Gasteiger partial charge is 0.147 e. The van der Waals surface area contributed by atoms with E-state index in [0.29, 0.717) is 0 Å². The van der Waals surface area contributed by atoms with Gasteiger partial charge in [0, 0.05) is 4.90 Å². The van der Waals surface area contributed by atoms with Crippen molar-refractivity contribution in [1.82, 2.24) is 0 Å². The molecular weight excluding hydrogens is 329 g/mol. The smallest absolute Gasteiger partial charge is 0.00401 e. The van der Waals surface area contributed by atoms with Crippen LogP contribution in [-0.2, 0) is 5.41 Å². The van der Waals surface area contributed by atoms with Gasteiger partial charge in [-0.2, -0.15) is 0 Å². The van der Waals surface area contributed by atoms with E-state index in [1.807, 2.05) is 12.1 Å². The Morgan fingerprint density at radius 3 is 1.31 bits per heavy atom. The molecule has 0 aromatic heterocycles. The maximum atomic E-state index is 4.23. The van der Waals surface area contributed by atoms with Gasteiger partial charge in [-0.3, -0.25) is 0 Å². The van der Waals surface area contributed by atoms with Gasteiger partial charge in [0.05, 0.1) is 0 Å². The highest BCUT2D eigenvalue weighted by Gasteiger charge is 2.11.